The average molecular weight is 289 g/mol. The maximum absolute atomic E-state index is 13.2. The summed E-state index contributed by atoms with van der Waals surface area (Å²) in [5.41, 5.74) is -0.0243. The van der Waals surface area contributed by atoms with Crippen molar-refractivity contribution in [2.45, 2.75) is 0 Å². The molecule has 0 unspecified atom stereocenters. The Kier molecular flexibility index (Phi) is 3.57. The summed E-state index contributed by atoms with van der Waals surface area (Å²) in [6, 6.07) is 1.59. The Balaban J connectivity index is 2.59. The van der Waals surface area contributed by atoms with Crippen LogP contribution in [-0.2, 0) is 0 Å². The highest BCUT2D eigenvalue weighted by Crippen LogP contribution is 2.23. The van der Waals surface area contributed by atoms with Gasteiger partial charge in [-0.15, -0.1) is 0 Å². The van der Waals surface area contributed by atoms with Gasteiger partial charge < -0.3 is 4.90 Å². The van der Waals surface area contributed by atoms with Crippen molar-refractivity contribution in [3.8, 4) is 11.4 Å². The number of aromatic nitrogens is 3. The standard InChI is InChI=1S/C11H8ClF3N4/c1-19(2)11-17-9(16-10(12)18-11)5-3-6(13)8(15)7(14)4-5/h3-4H,1-2H3. The van der Waals surface area contributed by atoms with Gasteiger partial charge in [0.05, 0.1) is 0 Å². The van der Waals surface area contributed by atoms with Crippen molar-refractivity contribution in [3.63, 3.8) is 0 Å². The molecule has 4 nitrogen and oxygen atoms in total. The third kappa shape index (κ3) is 2.76. The molecule has 0 N–H and O–H groups in total. The SMILES string of the molecule is CN(C)c1nc(Cl)nc(-c2cc(F)c(F)c(F)c2)n1. The lowest BCUT2D eigenvalue weighted by molar-refractivity contribution is 0.447. The predicted molar refractivity (Wildman–Crippen MR) is 64.5 cm³/mol. The molecule has 1 aromatic heterocycles. The summed E-state index contributed by atoms with van der Waals surface area (Å²) in [6.45, 7) is 0. The van der Waals surface area contributed by atoms with Crippen molar-refractivity contribution in [2.24, 2.45) is 0 Å². The largest absolute Gasteiger partial charge is 0.347 e. The molecular formula is C11H8ClF3N4. The number of hydrogen-bond acceptors (Lipinski definition) is 4. The molecule has 1 heterocycles. The summed E-state index contributed by atoms with van der Waals surface area (Å²) in [6.07, 6.45) is 0. The van der Waals surface area contributed by atoms with Crippen LogP contribution in [0.25, 0.3) is 11.4 Å². The fourth-order valence-electron chi connectivity index (χ4n) is 1.35. The monoisotopic (exact) mass is 288 g/mol. The Bertz CT molecular complexity index is 610. The quantitative estimate of drug-likeness (QED) is 0.797. The third-order valence-electron chi connectivity index (χ3n) is 2.24. The maximum Gasteiger partial charge on any atom is 0.229 e. The van der Waals surface area contributed by atoms with Crippen molar-refractivity contribution in [1.29, 1.82) is 0 Å². The second-order valence-corrected chi connectivity index (χ2v) is 4.21. The molecule has 0 spiro atoms. The molecule has 0 bridgehead atoms. The summed E-state index contributed by atoms with van der Waals surface area (Å²) >= 11 is 5.70. The summed E-state index contributed by atoms with van der Waals surface area (Å²) in [4.78, 5) is 13.1. The van der Waals surface area contributed by atoms with Gasteiger partial charge in [-0.1, -0.05) is 0 Å². The number of anilines is 1. The van der Waals surface area contributed by atoms with Gasteiger partial charge in [-0.2, -0.15) is 15.0 Å². The minimum atomic E-state index is -1.54. The van der Waals surface area contributed by atoms with Gasteiger partial charge in [0, 0.05) is 19.7 Å². The smallest absolute Gasteiger partial charge is 0.229 e. The van der Waals surface area contributed by atoms with Crippen LogP contribution < -0.4 is 4.90 Å². The van der Waals surface area contributed by atoms with E-state index in [0.717, 1.165) is 12.1 Å². The lowest BCUT2D eigenvalue weighted by atomic mass is 10.2. The van der Waals surface area contributed by atoms with E-state index in [1.807, 2.05) is 0 Å². The van der Waals surface area contributed by atoms with Gasteiger partial charge in [-0.05, 0) is 23.7 Å². The molecule has 0 aliphatic heterocycles. The fourth-order valence-corrected chi connectivity index (χ4v) is 1.51. The number of benzene rings is 1. The van der Waals surface area contributed by atoms with E-state index in [4.69, 9.17) is 11.6 Å². The van der Waals surface area contributed by atoms with Gasteiger partial charge in [0.2, 0.25) is 11.2 Å². The lowest BCUT2D eigenvalue weighted by Crippen LogP contribution is -2.14. The van der Waals surface area contributed by atoms with Gasteiger partial charge in [0.15, 0.2) is 23.3 Å². The molecule has 0 aliphatic rings. The van der Waals surface area contributed by atoms with Crippen molar-refractivity contribution in [2.75, 3.05) is 19.0 Å². The molecule has 0 amide bonds. The highest BCUT2D eigenvalue weighted by molar-refractivity contribution is 6.28. The topological polar surface area (TPSA) is 41.9 Å². The maximum atomic E-state index is 13.2. The van der Waals surface area contributed by atoms with E-state index in [-0.39, 0.29) is 22.6 Å². The van der Waals surface area contributed by atoms with Gasteiger partial charge in [0.1, 0.15) is 0 Å². The second kappa shape index (κ2) is 5.00. The van der Waals surface area contributed by atoms with Crippen LogP contribution in [0.5, 0.6) is 0 Å². The second-order valence-electron chi connectivity index (χ2n) is 3.88. The molecule has 100 valence electrons. The summed E-state index contributed by atoms with van der Waals surface area (Å²) in [5.74, 6) is -4.01. The van der Waals surface area contributed by atoms with Crippen LogP contribution >= 0.6 is 11.6 Å². The van der Waals surface area contributed by atoms with Crippen LogP contribution in [0.4, 0.5) is 19.1 Å². The fraction of sp³-hybridized carbons (Fsp3) is 0.182. The zero-order chi connectivity index (χ0) is 14.2. The molecule has 8 heteroatoms. The summed E-state index contributed by atoms with van der Waals surface area (Å²) in [5, 5.41) is -0.126. The Hall–Kier alpha value is -1.89. The first kappa shape index (κ1) is 13.5. The van der Waals surface area contributed by atoms with Gasteiger partial charge in [0.25, 0.3) is 0 Å². The van der Waals surface area contributed by atoms with Crippen LogP contribution in [-0.4, -0.2) is 29.0 Å². The van der Waals surface area contributed by atoms with Crippen LogP contribution in [0.15, 0.2) is 12.1 Å². The Morgan fingerprint density at radius 1 is 1.00 bits per heavy atom. The van der Waals surface area contributed by atoms with Crippen LogP contribution in [0.2, 0.25) is 5.28 Å². The Morgan fingerprint density at radius 3 is 2.11 bits per heavy atom. The molecular weight excluding hydrogens is 281 g/mol. The average Bonchev–Trinajstić information content (AvgIpc) is 2.34. The van der Waals surface area contributed by atoms with Crippen molar-refractivity contribution < 1.29 is 13.2 Å². The van der Waals surface area contributed by atoms with E-state index < -0.39 is 17.5 Å². The van der Waals surface area contributed by atoms with Crippen LogP contribution in [0.1, 0.15) is 0 Å². The lowest BCUT2D eigenvalue weighted by Gasteiger charge is -2.11. The number of nitrogens with zero attached hydrogens (tertiary/aromatic N) is 4. The first-order chi connectivity index (χ1) is 8.88. The minimum Gasteiger partial charge on any atom is -0.347 e. The van der Waals surface area contributed by atoms with E-state index in [2.05, 4.69) is 15.0 Å². The highest BCUT2D eigenvalue weighted by atomic mass is 35.5. The normalized spacial score (nSPS) is 10.6. The first-order valence-corrected chi connectivity index (χ1v) is 5.50. The predicted octanol–water partition coefficient (Wildman–Crippen LogP) is 2.68. The van der Waals surface area contributed by atoms with Crippen molar-refractivity contribution >= 4 is 17.5 Å². The van der Waals surface area contributed by atoms with Crippen LogP contribution in [0, 0.1) is 17.5 Å². The van der Waals surface area contributed by atoms with Crippen molar-refractivity contribution in [3.05, 3.63) is 34.9 Å². The summed E-state index contributed by atoms with van der Waals surface area (Å²) < 4.78 is 39.2. The molecule has 0 fully saturated rings. The first-order valence-electron chi connectivity index (χ1n) is 5.12. The van der Waals surface area contributed by atoms with Crippen molar-refractivity contribution in [1.82, 2.24) is 15.0 Å². The van der Waals surface area contributed by atoms with E-state index in [1.165, 1.54) is 0 Å². The highest BCUT2D eigenvalue weighted by Gasteiger charge is 2.15. The van der Waals surface area contributed by atoms with E-state index in [0.29, 0.717) is 0 Å². The molecule has 2 rings (SSSR count). The number of rotatable bonds is 2. The number of halogens is 4. The van der Waals surface area contributed by atoms with Crippen LogP contribution in [0.3, 0.4) is 0 Å². The van der Waals surface area contributed by atoms with Gasteiger partial charge in [-0.3, -0.25) is 0 Å². The molecule has 0 radical (unpaired) electrons. The molecule has 19 heavy (non-hydrogen) atoms. The molecule has 0 saturated heterocycles. The van der Waals surface area contributed by atoms with Gasteiger partial charge in [-0.25, -0.2) is 13.2 Å². The molecule has 2 aromatic rings. The number of hydrogen-bond donors (Lipinski definition) is 0. The zero-order valence-electron chi connectivity index (χ0n) is 9.96. The van der Waals surface area contributed by atoms with E-state index in [1.54, 1.807) is 19.0 Å². The Morgan fingerprint density at radius 2 is 1.58 bits per heavy atom. The molecule has 0 aliphatic carbocycles. The van der Waals surface area contributed by atoms with E-state index >= 15 is 0 Å². The molecule has 0 saturated carbocycles. The minimum absolute atomic E-state index is 0.0243. The molecule has 1 aromatic carbocycles. The molecule has 0 atom stereocenters. The Labute approximate surface area is 111 Å². The summed E-state index contributed by atoms with van der Waals surface area (Å²) in [7, 11) is 3.34. The van der Waals surface area contributed by atoms with Gasteiger partial charge >= 0.3 is 0 Å². The van der Waals surface area contributed by atoms with E-state index in [9.17, 15) is 13.2 Å². The zero-order valence-corrected chi connectivity index (χ0v) is 10.7. The third-order valence-corrected chi connectivity index (χ3v) is 2.41.